The molecule has 0 fully saturated rings. The Morgan fingerprint density at radius 1 is 1.20 bits per heavy atom. The van der Waals surface area contributed by atoms with Gasteiger partial charge in [0.1, 0.15) is 0 Å². The molecule has 2 heterocycles. The van der Waals surface area contributed by atoms with Gasteiger partial charge in [-0.2, -0.15) is 4.98 Å². The number of pyridine rings is 1. The van der Waals surface area contributed by atoms with Crippen LogP contribution < -0.4 is 5.73 Å². The minimum Gasteiger partial charge on any atom is -0.339 e. The lowest BCUT2D eigenvalue weighted by Crippen LogP contribution is -2.09. The van der Waals surface area contributed by atoms with E-state index in [1.165, 1.54) is 12.8 Å². The van der Waals surface area contributed by atoms with Gasteiger partial charge < -0.3 is 10.3 Å². The van der Waals surface area contributed by atoms with Gasteiger partial charge in [0, 0.05) is 24.4 Å². The lowest BCUT2D eigenvalue weighted by Gasteiger charge is -2.13. The fourth-order valence-electron chi connectivity index (χ4n) is 2.38. The predicted octanol–water partition coefficient (Wildman–Crippen LogP) is 2.83. The number of hydrogen-bond donors (Lipinski definition) is 1. The van der Waals surface area contributed by atoms with E-state index in [-0.39, 0.29) is 0 Å². The summed E-state index contributed by atoms with van der Waals surface area (Å²) in [6.07, 6.45) is 8.80. The zero-order valence-electron chi connectivity index (χ0n) is 12.0. The Bertz CT molecular complexity index is 492. The van der Waals surface area contributed by atoms with Crippen molar-refractivity contribution in [1.29, 1.82) is 0 Å². The summed E-state index contributed by atoms with van der Waals surface area (Å²) in [7, 11) is 0. The first-order valence-corrected chi connectivity index (χ1v) is 7.26. The summed E-state index contributed by atoms with van der Waals surface area (Å²) in [6.45, 7) is 2.95. The monoisotopic (exact) mass is 274 g/mol. The topological polar surface area (TPSA) is 77.8 Å². The molecule has 20 heavy (non-hydrogen) atoms. The highest BCUT2D eigenvalue weighted by Gasteiger charge is 2.12. The summed E-state index contributed by atoms with van der Waals surface area (Å²) in [5.74, 6) is 1.99. The number of hydrogen-bond acceptors (Lipinski definition) is 5. The van der Waals surface area contributed by atoms with Gasteiger partial charge in [0.2, 0.25) is 11.7 Å². The molecule has 2 rings (SSSR count). The maximum absolute atomic E-state index is 5.65. The van der Waals surface area contributed by atoms with E-state index >= 15 is 0 Å². The molecular formula is C15H22N4O. The summed E-state index contributed by atoms with van der Waals surface area (Å²) in [5, 5.41) is 4.02. The van der Waals surface area contributed by atoms with Crippen molar-refractivity contribution in [2.24, 2.45) is 11.7 Å². The van der Waals surface area contributed by atoms with Crippen molar-refractivity contribution < 1.29 is 4.52 Å². The van der Waals surface area contributed by atoms with Gasteiger partial charge in [0.15, 0.2) is 0 Å². The molecule has 5 nitrogen and oxygen atoms in total. The third-order valence-electron chi connectivity index (χ3n) is 3.44. The molecule has 0 aliphatic carbocycles. The molecule has 0 aliphatic heterocycles. The lowest BCUT2D eigenvalue weighted by molar-refractivity contribution is 0.349. The number of aryl methyl sites for hydroxylation is 1. The van der Waals surface area contributed by atoms with Crippen LogP contribution >= 0.6 is 0 Å². The maximum atomic E-state index is 5.65. The quantitative estimate of drug-likeness (QED) is 0.800. The highest BCUT2D eigenvalue weighted by molar-refractivity contribution is 5.52. The summed E-state index contributed by atoms with van der Waals surface area (Å²) in [5.41, 5.74) is 6.58. The van der Waals surface area contributed by atoms with E-state index < -0.39 is 0 Å². The number of nitrogens with zero attached hydrogens (tertiary/aromatic N) is 3. The SMILES string of the molecule is CCCC(CCN)CCc1nc(-c2ccncc2)no1. The summed E-state index contributed by atoms with van der Waals surface area (Å²) >= 11 is 0. The molecule has 2 aromatic rings. The average molecular weight is 274 g/mol. The van der Waals surface area contributed by atoms with E-state index in [0.29, 0.717) is 17.6 Å². The minimum absolute atomic E-state index is 0.633. The first-order valence-electron chi connectivity index (χ1n) is 7.26. The largest absolute Gasteiger partial charge is 0.339 e. The molecule has 0 amide bonds. The van der Waals surface area contributed by atoms with Gasteiger partial charge in [-0.3, -0.25) is 4.98 Å². The fourth-order valence-corrected chi connectivity index (χ4v) is 2.38. The first kappa shape index (κ1) is 14.7. The predicted molar refractivity (Wildman–Crippen MR) is 77.9 cm³/mol. The summed E-state index contributed by atoms with van der Waals surface area (Å²) < 4.78 is 5.31. The molecule has 0 bridgehead atoms. The Morgan fingerprint density at radius 2 is 2.00 bits per heavy atom. The van der Waals surface area contributed by atoms with E-state index in [0.717, 1.165) is 31.4 Å². The first-order chi connectivity index (χ1) is 9.83. The van der Waals surface area contributed by atoms with Crippen molar-refractivity contribution in [3.05, 3.63) is 30.4 Å². The molecule has 0 radical (unpaired) electrons. The molecule has 108 valence electrons. The Morgan fingerprint density at radius 3 is 2.70 bits per heavy atom. The third-order valence-corrected chi connectivity index (χ3v) is 3.44. The third kappa shape index (κ3) is 4.13. The van der Waals surface area contributed by atoms with Crippen LogP contribution in [0.15, 0.2) is 29.0 Å². The Kier molecular flexibility index (Phi) is 5.68. The smallest absolute Gasteiger partial charge is 0.226 e. The van der Waals surface area contributed by atoms with Crippen LogP contribution in [0, 0.1) is 5.92 Å². The van der Waals surface area contributed by atoms with Gasteiger partial charge in [-0.15, -0.1) is 0 Å². The van der Waals surface area contributed by atoms with Gasteiger partial charge in [-0.1, -0.05) is 24.9 Å². The number of rotatable bonds is 8. The van der Waals surface area contributed by atoms with E-state index in [9.17, 15) is 0 Å². The van der Waals surface area contributed by atoms with Crippen molar-refractivity contribution >= 4 is 0 Å². The molecule has 0 aliphatic rings. The lowest BCUT2D eigenvalue weighted by atomic mass is 9.94. The van der Waals surface area contributed by atoms with Gasteiger partial charge in [-0.25, -0.2) is 0 Å². The molecule has 5 heteroatoms. The summed E-state index contributed by atoms with van der Waals surface area (Å²) in [4.78, 5) is 8.42. The fraction of sp³-hybridized carbons (Fsp3) is 0.533. The molecule has 0 aromatic carbocycles. The van der Waals surface area contributed by atoms with Crippen LogP contribution in [0.5, 0.6) is 0 Å². The standard InChI is InChI=1S/C15H22N4O/c1-2-3-12(6-9-16)4-5-14-18-15(19-20-14)13-7-10-17-11-8-13/h7-8,10-12H,2-6,9,16H2,1H3. The molecule has 1 atom stereocenters. The molecular weight excluding hydrogens is 252 g/mol. The Labute approximate surface area is 119 Å². The Balaban J connectivity index is 1.92. The molecule has 2 aromatic heterocycles. The molecule has 0 saturated heterocycles. The highest BCUT2D eigenvalue weighted by atomic mass is 16.5. The molecule has 1 unspecified atom stereocenters. The second-order valence-electron chi connectivity index (χ2n) is 5.02. The van der Waals surface area contributed by atoms with E-state index in [4.69, 9.17) is 10.3 Å². The van der Waals surface area contributed by atoms with Crippen LogP contribution in [0.2, 0.25) is 0 Å². The highest BCUT2D eigenvalue weighted by Crippen LogP contribution is 2.19. The molecule has 0 spiro atoms. The van der Waals surface area contributed by atoms with Crippen molar-refractivity contribution in [2.45, 2.75) is 39.0 Å². The van der Waals surface area contributed by atoms with E-state index in [2.05, 4.69) is 22.0 Å². The zero-order valence-corrected chi connectivity index (χ0v) is 12.0. The van der Waals surface area contributed by atoms with E-state index in [1.54, 1.807) is 12.4 Å². The van der Waals surface area contributed by atoms with Gasteiger partial charge in [0.25, 0.3) is 0 Å². The number of nitrogens with two attached hydrogens (primary N) is 1. The maximum Gasteiger partial charge on any atom is 0.226 e. The summed E-state index contributed by atoms with van der Waals surface area (Å²) in [6, 6.07) is 3.76. The van der Waals surface area contributed by atoms with Gasteiger partial charge in [-0.05, 0) is 37.4 Å². The van der Waals surface area contributed by atoms with Gasteiger partial charge in [0.05, 0.1) is 0 Å². The average Bonchev–Trinajstić information content (AvgIpc) is 2.95. The number of aromatic nitrogens is 3. The zero-order chi connectivity index (χ0) is 14.2. The van der Waals surface area contributed by atoms with Crippen molar-refractivity contribution in [2.75, 3.05) is 6.54 Å². The van der Waals surface area contributed by atoms with Crippen LogP contribution in [-0.4, -0.2) is 21.7 Å². The van der Waals surface area contributed by atoms with E-state index in [1.807, 2.05) is 12.1 Å². The van der Waals surface area contributed by atoms with Gasteiger partial charge >= 0.3 is 0 Å². The van der Waals surface area contributed by atoms with Crippen molar-refractivity contribution in [3.8, 4) is 11.4 Å². The van der Waals surface area contributed by atoms with Crippen LogP contribution in [0.3, 0.4) is 0 Å². The normalized spacial score (nSPS) is 12.5. The Hall–Kier alpha value is -1.75. The van der Waals surface area contributed by atoms with Crippen LogP contribution in [0.25, 0.3) is 11.4 Å². The van der Waals surface area contributed by atoms with Crippen molar-refractivity contribution in [1.82, 2.24) is 15.1 Å². The van der Waals surface area contributed by atoms with Crippen molar-refractivity contribution in [3.63, 3.8) is 0 Å². The second kappa shape index (κ2) is 7.75. The molecule has 2 N–H and O–H groups in total. The van der Waals surface area contributed by atoms with Crippen LogP contribution in [0.4, 0.5) is 0 Å². The van der Waals surface area contributed by atoms with Crippen LogP contribution in [-0.2, 0) is 6.42 Å². The second-order valence-corrected chi connectivity index (χ2v) is 5.02. The van der Waals surface area contributed by atoms with Crippen LogP contribution in [0.1, 0.15) is 38.5 Å². The minimum atomic E-state index is 0.633. The molecule has 0 saturated carbocycles.